The Morgan fingerprint density at radius 2 is 1.85 bits per heavy atom. The van der Waals surface area contributed by atoms with Crippen LogP contribution in [0.4, 0.5) is 10.1 Å². The number of hydrogen-bond acceptors (Lipinski definition) is 4. The number of halogens is 1. The van der Waals surface area contributed by atoms with Gasteiger partial charge in [-0.3, -0.25) is 14.4 Å². The van der Waals surface area contributed by atoms with E-state index in [-0.39, 0.29) is 42.3 Å². The topological polar surface area (TPSA) is 100 Å². The zero-order valence-corrected chi connectivity index (χ0v) is 17.8. The molecule has 0 aliphatic carbocycles. The number of rotatable bonds is 8. The average molecular weight is 449 g/mol. The van der Waals surface area contributed by atoms with Crippen molar-refractivity contribution < 1.29 is 23.2 Å². The summed E-state index contributed by atoms with van der Waals surface area (Å²) >= 11 is 0. The van der Waals surface area contributed by atoms with Crippen LogP contribution in [-0.2, 0) is 9.59 Å². The molecule has 0 radical (unpaired) electrons. The summed E-state index contributed by atoms with van der Waals surface area (Å²) in [5, 5.41) is 8.27. The van der Waals surface area contributed by atoms with Crippen molar-refractivity contribution >= 4 is 23.4 Å². The van der Waals surface area contributed by atoms with Crippen LogP contribution in [0.2, 0.25) is 0 Å². The monoisotopic (exact) mass is 449 g/mol. The molecule has 4 rings (SSSR count). The molecule has 1 aliphatic rings. The molecular weight excluding hydrogens is 425 g/mol. The fourth-order valence-corrected chi connectivity index (χ4v) is 3.89. The SMILES string of the molecule is O=C(CC[C@@H]1NC(=O)c2ccccc2NC1=O)NCCC(c1ccc(F)cc1)c1ccco1. The van der Waals surface area contributed by atoms with Gasteiger partial charge in [-0.2, -0.15) is 0 Å². The van der Waals surface area contributed by atoms with Crippen LogP contribution >= 0.6 is 0 Å². The molecule has 7 nitrogen and oxygen atoms in total. The third kappa shape index (κ3) is 5.46. The molecule has 0 bridgehead atoms. The third-order valence-electron chi connectivity index (χ3n) is 5.63. The third-order valence-corrected chi connectivity index (χ3v) is 5.63. The number of carbonyl (C=O) groups excluding carboxylic acids is 3. The molecule has 0 spiro atoms. The summed E-state index contributed by atoms with van der Waals surface area (Å²) in [6.07, 6.45) is 2.39. The largest absolute Gasteiger partial charge is 0.469 e. The minimum atomic E-state index is -0.800. The molecule has 33 heavy (non-hydrogen) atoms. The highest BCUT2D eigenvalue weighted by molar-refractivity contribution is 6.09. The lowest BCUT2D eigenvalue weighted by molar-refractivity contribution is -0.121. The van der Waals surface area contributed by atoms with Crippen molar-refractivity contribution in [2.75, 3.05) is 11.9 Å². The minimum absolute atomic E-state index is 0.0800. The second-order valence-electron chi connectivity index (χ2n) is 7.86. The normalized spacial score (nSPS) is 16.2. The van der Waals surface area contributed by atoms with Crippen molar-refractivity contribution in [1.82, 2.24) is 10.6 Å². The molecule has 0 saturated heterocycles. The van der Waals surface area contributed by atoms with E-state index in [0.29, 0.717) is 24.2 Å². The van der Waals surface area contributed by atoms with E-state index >= 15 is 0 Å². The van der Waals surface area contributed by atoms with Crippen LogP contribution in [0.1, 0.15) is 46.9 Å². The first-order chi connectivity index (χ1) is 16.0. The molecular formula is C25H24FN3O4. The minimum Gasteiger partial charge on any atom is -0.469 e. The van der Waals surface area contributed by atoms with Gasteiger partial charge in [-0.1, -0.05) is 24.3 Å². The Balaban J connectivity index is 1.29. The van der Waals surface area contributed by atoms with Crippen molar-refractivity contribution in [3.8, 4) is 0 Å². The maximum atomic E-state index is 13.3. The number of furan rings is 1. The molecule has 170 valence electrons. The van der Waals surface area contributed by atoms with E-state index < -0.39 is 6.04 Å². The number of fused-ring (bicyclic) bond motifs is 1. The molecule has 2 heterocycles. The second kappa shape index (κ2) is 10.1. The maximum Gasteiger partial charge on any atom is 0.254 e. The van der Waals surface area contributed by atoms with E-state index in [1.807, 2.05) is 6.07 Å². The van der Waals surface area contributed by atoms with E-state index in [9.17, 15) is 18.8 Å². The van der Waals surface area contributed by atoms with Gasteiger partial charge in [0.1, 0.15) is 17.6 Å². The first-order valence-corrected chi connectivity index (χ1v) is 10.8. The predicted octanol–water partition coefficient (Wildman–Crippen LogP) is 3.59. The standard InChI is InChI=1S/C25H24FN3O4/c26-17-9-7-16(8-10-17)18(22-6-3-15-33-22)13-14-27-23(30)12-11-21-25(32)28-20-5-2-1-4-19(20)24(31)29-21/h1-10,15,18,21H,11-14H2,(H,27,30)(H,28,32)(H,29,31)/t18?,21-/m0/s1. The zero-order valence-electron chi connectivity index (χ0n) is 17.8. The number of para-hydroxylation sites is 1. The Bertz CT molecular complexity index is 1130. The van der Waals surface area contributed by atoms with Crippen LogP contribution in [0, 0.1) is 5.82 Å². The summed E-state index contributed by atoms with van der Waals surface area (Å²) in [7, 11) is 0. The Morgan fingerprint density at radius 1 is 1.06 bits per heavy atom. The van der Waals surface area contributed by atoms with Crippen molar-refractivity contribution in [3.05, 3.63) is 89.6 Å². The summed E-state index contributed by atoms with van der Waals surface area (Å²) in [6, 6.07) is 15.8. The van der Waals surface area contributed by atoms with Crippen LogP contribution in [0.5, 0.6) is 0 Å². The molecule has 1 aliphatic heterocycles. The number of carbonyl (C=O) groups is 3. The summed E-state index contributed by atoms with van der Waals surface area (Å²) < 4.78 is 18.8. The fourth-order valence-electron chi connectivity index (χ4n) is 3.89. The van der Waals surface area contributed by atoms with Gasteiger partial charge in [0, 0.05) is 18.9 Å². The van der Waals surface area contributed by atoms with E-state index in [2.05, 4.69) is 16.0 Å². The van der Waals surface area contributed by atoms with Gasteiger partial charge in [-0.25, -0.2) is 4.39 Å². The van der Waals surface area contributed by atoms with Gasteiger partial charge in [0.2, 0.25) is 11.8 Å². The van der Waals surface area contributed by atoms with Crippen molar-refractivity contribution in [2.24, 2.45) is 0 Å². The number of anilines is 1. The van der Waals surface area contributed by atoms with Crippen LogP contribution in [0.3, 0.4) is 0 Å². The van der Waals surface area contributed by atoms with E-state index in [4.69, 9.17) is 4.42 Å². The van der Waals surface area contributed by atoms with Crippen molar-refractivity contribution in [2.45, 2.75) is 31.2 Å². The van der Waals surface area contributed by atoms with Gasteiger partial charge in [0.15, 0.2) is 0 Å². The van der Waals surface area contributed by atoms with E-state index in [0.717, 1.165) is 11.3 Å². The lowest BCUT2D eigenvalue weighted by Crippen LogP contribution is -2.42. The van der Waals surface area contributed by atoms with E-state index in [1.54, 1.807) is 48.7 Å². The van der Waals surface area contributed by atoms with Gasteiger partial charge in [0.05, 0.1) is 17.5 Å². The fraction of sp³-hybridized carbons (Fsp3) is 0.240. The predicted molar refractivity (Wildman–Crippen MR) is 120 cm³/mol. The molecule has 0 saturated carbocycles. The molecule has 1 aromatic heterocycles. The smallest absolute Gasteiger partial charge is 0.254 e. The molecule has 2 aromatic carbocycles. The summed E-state index contributed by atoms with van der Waals surface area (Å²) in [4.78, 5) is 37.2. The lowest BCUT2D eigenvalue weighted by atomic mass is 9.93. The quantitative estimate of drug-likeness (QED) is 0.489. The molecule has 3 N–H and O–H groups in total. The molecule has 3 aromatic rings. The van der Waals surface area contributed by atoms with Crippen LogP contribution in [-0.4, -0.2) is 30.3 Å². The lowest BCUT2D eigenvalue weighted by Gasteiger charge is -2.17. The first-order valence-electron chi connectivity index (χ1n) is 10.8. The van der Waals surface area contributed by atoms with Gasteiger partial charge < -0.3 is 20.4 Å². The number of nitrogens with one attached hydrogen (secondary N) is 3. The van der Waals surface area contributed by atoms with Crippen LogP contribution in [0.25, 0.3) is 0 Å². The summed E-state index contributed by atoms with van der Waals surface area (Å²) in [6.45, 7) is 0.371. The Morgan fingerprint density at radius 3 is 2.61 bits per heavy atom. The highest BCUT2D eigenvalue weighted by Gasteiger charge is 2.28. The van der Waals surface area contributed by atoms with Gasteiger partial charge in [0.25, 0.3) is 5.91 Å². The Hall–Kier alpha value is -3.94. The van der Waals surface area contributed by atoms with E-state index in [1.165, 1.54) is 12.1 Å². The average Bonchev–Trinajstić information content (AvgIpc) is 3.31. The Labute approximate surface area is 190 Å². The van der Waals surface area contributed by atoms with Gasteiger partial charge in [-0.15, -0.1) is 0 Å². The highest BCUT2D eigenvalue weighted by Crippen LogP contribution is 2.28. The first kappa shape index (κ1) is 22.3. The highest BCUT2D eigenvalue weighted by atomic mass is 19.1. The molecule has 3 amide bonds. The molecule has 1 unspecified atom stereocenters. The summed E-state index contributed by atoms with van der Waals surface area (Å²) in [5.41, 5.74) is 1.73. The molecule has 2 atom stereocenters. The van der Waals surface area contributed by atoms with Crippen molar-refractivity contribution in [1.29, 1.82) is 0 Å². The maximum absolute atomic E-state index is 13.3. The molecule has 8 heteroatoms. The second-order valence-corrected chi connectivity index (χ2v) is 7.86. The summed E-state index contributed by atoms with van der Waals surface area (Å²) in [5.74, 6) is -0.649. The van der Waals surface area contributed by atoms with Gasteiger partial charge >= 0.3 is 0 Å². The van der Waals surface area contributed by atoms with Crippen LogP contribution < -0.4 is 16.0 Å². The Kier molecular flexibility index (Phi) is 6.83. The number of hydrogen-bond donors (Lipinski definition) is 3. The molecule has 0 fully saturated rings. The van der Waals surface area contributed by atoms with Crippen molar-refractivity contribution in [3.63, 3.8) is 0 Å². The zero-order chi connectivity index (χ0) is 23.2. The van der Waals surface area contributed by atoms with Crippen LogP contribution in [0.15, 0.2) is 71.3 Å². The van der Waals surface area contributed by atoms with Gasteiger partial charge in [-0.05, 0) is 54.8 Å². The number of benzene rings is 2. The number of amides is 3.